The topological polar surface area (TPSA) is 131 Å². The van der Waals surface area contributed by atoms with Crippen LogP contribution in [0.1, 0.15) is 59.2 Å². The molecule has 1 fully saturated rings. The van der Waals surface area contributed by atoms with Gasteiger partial charge < -0.3 is 10.1 Å². The molecule has 37 heavy (non-hydrogen) atoms. The van der Waals surface area contributed by atoms with Gasteiger partial charge >= 0.3 is 6.18 Å². The lowest BCUT2D eigenvalue weighted by molar-refractivity contribution is -0.142. The lowest BCUT2D eigenvalue weighted by Crippen LogP contribution is -2.31. The molecule has 2 N–H and O–H groups in total. The van der Waals surface area contributed by atoms with Gasteiger partial charge in [0.25, 0.3) is 11.8 Å². The monoisotopic (exact) mass is 534 g/mol. The Balaban J connectivity index is 1.73. The van der Waals surface area contributed by atoms with Gasteiger partial charge in [0.1, 0.15) is 11.3 Å². The van der Waals surface area contributed by atoms with Crippen LogP contribution in [0.3, 0.4) is 0 Å². The number of aryl methyl sites for hydroxylation is 1. The minimum atomic E-state index is -4.86. The molecule has 1 saturated carbocycles. The van der Waals surface area contributed by atoms with Gasteiger partial charge in [-0.15, -0.1) is 10.2 Å². The zero-order valence-corrected chi connectivity index (χ0v) is 21.4. The molecular formula is C24H25F3N6O3S. The summed E-state index contributed by atoms with van der Waals surface area (Å²) in [6.45, 7) is 4.82. The Morgan fingerprint density at radius 1 is 1.19 bits per heavy atom. The summed E-state index contributed by atoms with van der Waals surface area (Å²) in [5.41, 5.74) is -1.09. The van der Waals surface area contributed by atoms with Crippen molar-refractivity contribution in [1.82, 2.24) is 20.2 Å². The van der Waals surface area contributed by atoms with Gasteiger partial charge in [-0.2, -0.15) is 13.2 Å². The quantitative estimate of drug-likeness (QED) is 0.431. The van der Waals surface area contributed by atoms with Gasteiger partial charge in [-0.1, -0.05) is 19.4 Å². The Hall–Kier alpha value is -3.61. The van der Waals surface area contributed by atoms with Gasteiger partial charge in [-0.05, 0) is 50.5 Å². The molecule has 1 aromatic carbocycles. The summed E-state index contributed by atoms with van der Waals surface area (Å²) < 4.78 is 66.2. The summed E-state index contributed by atoms with van der Waals surface area (Å²) in [4.78, 5) is 22.2. The Morgan fingerprint density at radius 3 is 2.46 bits per heavy atom. The predicted molar refractivity (Wildman–Crippen MR) is 129 cm³/mol. The van der Waals surface area contributed by atoms with Gasteiger partial charge in [0.05, 0.1) is 21.6 Å². The van der Waals surface area contributed by atoms with Gasteiger partial charge in [-0.25, -0.2) is 14.0 Å². The van der Waals surface area contributed by atoms with Crippen LogP contribution in [0.2, 0.25) is 0 Å². The van der Waals surface area contributed by atoms with Crippen LogP contribution in [0.25, 0.3) is 0 Å². The zero-order chi connectivity index (χ0) is 27.2. The molecular weight excluding hydrogens is 509 g/mol. The smallest absolute Gasteiger partial charge is 0.416 e. The van der Waals surface area contributed by atoms with Crippen LogP contribution < -0.4 is 10.1 Å². The maximum Gasteiger partial charge on any atom is 0.435 e. The molecule has 0 aliphatic heterocycles. The van der Waals surface area contributed by atoms with Crippen molar-refractivity contribution in [2.45, 2.75) is 56.5 Å². The number of nitrogens with zero attached hydrogens (tertiary/aromatic N) is 4. The SMILES string of the molecule is Cc1nc(C2(C)CCC2)cnc1Oc1nnc(C(F)(F)F)c(C)c1C(=O)Nc1cccc(S(C)(=N)=O)c1. The normalized spacial score (nSPS) is 16.4. The second-order valence-corrected chi connectivity index (χ2v) is 11.5. The van der Waals surface area contributed by atoms with Crippen molar-refractivity contribution < 1.29 is 26.9 Å². The third-order valence-corrected chi connectivity index (χ3v) is 7.55. The zero-order valence-electron chi connectivity index (χ0n) is 20.6. The fraction of sp³-hybridized carbons (Fsp3) is 0.375. The molecule has 2 aromatic heterocycles. The Bertz CT molecular complexity index is 1490. The van der Waals surface area contributed by atoms with Crippen molar-refractivity contribution in [3.05, 3.63) is 58.7 Å². The van der Waals surface area contributed by atoms with Gasteiger partial charge in [-0.3, -0.25) is 9.78 Å². The number of ether oxygens (including phenoxy) is 1. The highest BCUT2D eigenvalue weighted by molar-refractivity contribution is 7.91. The molecule has 9 nitrogen and oxygen atoms in total. The van der Waals surface area contributed by atoms with Crippen LogP contribution >= 0.6 is 0 Å². The van der Waals surface area contributed by atoms with E-state index in [0.717, 1.165) is 31.9 Å². The number of amides is 1. The third kappa shape index (κ3) is 5.41. The van der Waals surface area contributed by atoms with E-state index in [9.17, 15) is 22.2 Å². The van der Waals surface area contributed by atoms with E-state index in [1.165, 1.54) is 30.5 Å². The van der Waals surface area contributed by atoms with Crippen LogP contribution in [-0.4, -0.2) is 36.5 Å². The highest BCUT2D eigenvalue weighted by Crippen LogP contribution is 2.42. The highest BCUT2D eigenvalue weighted by atomic mass is 32.2. The molecule has 0 radical (unpaired) electrons. The summed E-state index contributed by atoms with van der Waals surface area (Å²) in [7, 11) is -3.09. The van der Waals surface area contributed by atoms with Crippen LogP contribution in [0, 0.1) is 18.6 Å². The fourth-order valence-corrected chi connectivity index (χ4v) is 4.72. The maximum atomic E-state index is 13.6. The minimum absolute atomic E-state index is 0.0175. The van der Waals surface area contributed by atoms with Gasteiger partial charge in [0, 0.05) is 22.3 Å². The van der Waals surface area contributed by atoms with Crippen molar-refractivity contribution in [1.29, 1.82) is 4.78 Å². The van der Waals surface area contributed by atoms with E-state index >= 15 is 0 Å². The standard InChI is InChI=1S/C24H25F3N6O3S/c1-13-18(20(34)31-15-7-5-8-16(11-15)37(4,28)35)22(33-32-19(13)24(25,26)27)36-21-14(2)30-17(12-29-21)23(3)9-6-10-23/h5,7-8,11-12,28H,6,9-10H2,1-4H3,(H,31,34). The molecule has 1 atom stereocenters. The summed E-state index contributed by atoms with van der Waals surface area (Å²) in [5, 5.41) is 9.30. The lowest BCUT2D eigenvalue weighted by Gasteiger charge is -2.37. The van der Waals surface area contributed by atoms with Crippen molar-refractivity contribution in [3.63, 3.8) is 0 Å². The summed E-state index contributed by atoms with van der Waals surface area (Å²) >= 11 is 0. The van der Waals surface area contributed by atoms with Gasteiger partial charge in [0.15, 0.2) is 5.69 Å². The number of halogens is 3. The lowest BCUT2D eigenvalue weighted by atomic mass is 9.68. The van der Waals surface area contributed by atoms with Crippen molar-refractivity contribution in [2.75, 3.05) is 11.6 Å². The summed E-state index contributed by atoms with van der Waals surface area (Å²) in [5.74, 6) is -1.45. The molecule has 1 aliphatic rings. The van der Waals surface area contributed by atoms with Crippen molar-refractivity contribution in [2.24, 2.45) is 0 Å². The van der Waals surface area contributed by atoms with E-state index in [4.69, 9.17) is 9.52 Å². The van der Waals surface area contributed by atoms with E-state index in [0.29, 0.717) is 5.69 Å². The Kier molecular flexibility index (Phi) is 6.69. The van der Waals surface area contributed by atoms with Gasteiger partial charge in [0.2, 0.25) is 5.88 Å². The average molecular weight is 535 g/mol. The number of anilines is 1. The van der Waals surface area contributed by atoms with E-state index in [-0.39, 0.29) is 21.9 Å². The first kappa shape index (κ1) is 26.5. The number of aromatic nitrogens is 4. The summed E-state index contributed by atoms with van der Waals surface area (Å²) in [6, 6.07) is 5.70. The molecule has 0 spiro atoms. The molecule has 1 amide bonds. The summed E-state index contributed by atoms with van der Waals surface area (Å²) in [6.07, 6.45) is 0.952. The molecule has 196 valence electrons. The van der Waals surface area contributed by atoms with Crippen LogP contribution in [0.15, 0.2) is 35.4 Å². The predicted octanol–water partition coefficient (Wildman–Crippen LogP) is 5.42. The van der Waals surface area contributed by atoms with Crippen molar-refractivity contribution >= 4 is 21.3 Å². The van der Waals surface area contributed by atoms with Crippen LogP contribution in [0.5, 0.6) is 11.8 Å². The number of carbonyl (C=O) groups excluding carboxylic acids is 1. The number of hydrogen-bond donors (Lipinski definition) is 2. The maximum absolute atomic E-state index is 13.6. The first-order valence-electron chi connectivity index (χ1n) is 11.3. The fourth-order valence-electron chi connectivity index (χ4n) is 4.03. The van der Waals surface area contributed by atoms with Crippen LogP contribution in [0.4, 0.5) is 18.9 Å². The number of hydrogen-bond acceptors (Lipinski definition) is 8. The molecule has 3 aromatic rings. The van der Waals surface area contributed by atoms with E-state index < -0.39 is 44.5 Å². The van der Waals surface area contributed by atoms with E-state index in [1.54, 1.807) is 13.1 Å². The first-order valence-corrected chi connectivity index (χ1v) is 13.3. The Labute approximate surface area is 211 Å². The number of rotatable bonds is 6. The first-order chi connectivity index (χ1) is 17.2. The Morgan fingerprint density at radius 2 is 1.89 bits per heavy atom. The second-order valence-electron chi connectivity index (χ2n) is 9.34. The average Bonchev–Trinajstić information content (AvgIpc) is 2.77. The molecule has 1 aliphatic carbocycles. The number of alkyl halides is 3. The number of benzene rings is 1. The minimum Gasteiger partial charge on any atom is -0.416 e. The third-order valence-electron chi connectivity index (χ3n) is 6.39. The molecule has 1 unspecified atom stereocenters. The molecule has 2 heterocycles. The van der Waals surface area contributed by atoms with Crippen molar-refractivity contribution in [3.8, 4) is 11.8 Å². The van der Waals surface area contributed by atoms with Crippen LogP contribution in [-0.2, 0) is 21.3 Å². The van der Waals surface area contributed by atoms with E-state index in [2.05, 4.69) is 32.4 Å². The molecule has 0 bridgehead atoms. The number of nitrogens with one attached hydrogen (secondary N) is 2. The largest absolute Gasteiger partial charge is 0.435 e. The van der Waals surface area contributed by atoms with E-state index in [1.807, 2.05) is 0 Å². The number of carbonyl (C=O) groups is 1. The molecule has 13 heteroatoms. The molecule has 0 saturated heterocycles. The molecule has 4 rings (SSSR count). The second kappa shape index (κ2) is 9.36. The highest BCUT2D eigenvalue weighted by Gasteiger charge is 2.39.